The molecule has 0 bridgehead atoms. The molecular weight excluding hydrogens is 290 g/mol. The van der Waals surface area contributed by atoms with E-state index in [4.69, 9.17) is 4.74 Å². The van der Waals surface area contributed by atoms with E-state index in [1.165, 1.54) is 6.42 Å². The molecule has 1 fully saturated rings. The van der Waals surface area contributed by atoms with E-state index in [0.717, 1.165) is 31.6 Å². The van der Waals surface area contributed by atoms with E-state index in [1.54, 1.807) is 31.4 Å². The Bertz CT molecular complexity index is 524. The Hall–Kier alpha value is -1.84. The summed E-state index contributed by atoms with van der Waals surface area (Å²) in [5.74, 6) is 1.04. The summed E-state index contributed by atoms with van der Waals surface area (Å²) in [5, 5.41) is 0. The molecule has 0 aromatic heterocycles. The van der Waals surface area contributed by atoms with Gasteiger partial charge in [-0.1, -0.05) is 6.92 Å². The highest BCUT2D eigenvalue weighted by Gasteiger charge is 2.24. The van der Waals surface area contributed by atoms with Gasteiger partial charge in [0, 0.05) is 31.0 Å². The molecule has 0 saturated carbocycles. The average molecular weight is 317 g/mol. The maximum atomic E-state index is 12.4. The fraction of sp³-hybridized carbons (Fsp3) is 0.579. The van der Waals surface area contributed by atoms with E-state index in [1.807, 2.05) is 4.90 Å². The minimum Gasteiger partial charge on any atom is -0.497 e. The molecule has 4 heteroatoms. The first kappa shape index (κ1) is 17.5. The van der Waals surface area contributed by atoms with Crippen molar-refractivity contribution in [3.63, 3.8) is 0 Å². The van der Waals surface area contributed by atoms with Gasteiger partial charge in [-0.3, -0.25) is 9.59 Å². The first-order valence-electron chi connectivity index (χ1n) is 8.62. The molecule has 0 spiro atoms. The molecule has 0 N–H and O–H groups in total. The summed E-state index contributed by atoms with van der Waals surface area (Å²) in [6.07, 6.45) is 5.98. The average Bonchev–Trinajstić information content (AvgIpc) is 2.61. The Morgan fingerprint density at radius 1 is 1.17 bits per heavy atom. The molecule has 1 aliphatic heterocycles. The minimum absolute atomic E-state index is 0.0890. The van der Waals surface area contributed by atoms with Crippen LogP contribution in [0.15, 0.2) is 24.3 Å². The summed E-state index contributed by atoms with van der Waals surface area (Å²) in [4.78, 5) is 26.6. The third-order valence-corrected chi connectivity index (χ3v) is 4.63. The number of carbonyl (C=O) groups is 2. The molecule has 2 rings (SSSR count). The predicted octanol–water partition coefficient (Wildman–Crippen LogP) is 3.84. The van der Waals surface area contributed by atoms with Gasteiger partial charge >= 0.3 is 0 Å². The fourth-order valence-electron chi connectivity index (χ4n) is 3.22. The number of Topliss-reactive ketones (excluding diaryl/α,β-unsaturated/α-hetero) is 1. The third kappa shape index (κ3) is 4.81. The highest BCUT2D eigenvalue weighted by molar-refractivity contribution is 5.96. The topological polar surface area (TPSA) is 46.6 Å². The van der Waals surface area contributed by atoms with Crippen molar-refractivity contribution in [2.24, 2.45) is 0 Å². The van der Waals surface area contributed by atoms with E-state index in [-0.39, 0.29) is 11.7 Å². The van der Waals surface area contributed by atoms with Crippen LogP contribution in [-0.2, 0) is 4.79 Å². The molecule has 1 unspecified atom stereocenters. The zero-order valence-electron chi connectivity index (χ0n) is 14.2. The van der Waals surface area contributed by atoms with Gasteiger partial charge in [0.15, 0.2) is 5.78 Å². The number of piperidine rings is 1. The minimum atomic E-state index is 0.0890. The highest BCUT2D eigenvalue weighted by Crippen LogP contribution is 2.21. The number of rotatable bonds is 7. The van der Waals surface area contributed by atoms with Crippen molar-refractivity contribution in [1.82, 2.24) is 4.90 Å². The highest BCUT2D eigenvalue weighted by atomic mass is 16.5. The van der Waals surface area contributed by atoms with Crippen LogP contribution >= 0.6 is 0 Å². The molecule has 23 heavy (non-hydrogen) atoms. The predicted molar refractivity (Wildman–Crippen MR) is 90.8 cm³/mol. The van der Waals surface area contributed by atoms with Crippen molar-refractivity contribution in [2.75, 3.05) is 13.7 Å². The zero-order valence-corrected chi connectivity index (χ0v) is 14.2. The number of carbonyl (C=O) groups excluding carboxylic acids is 2. The Kier molecular flexibility index (Phi) is 6.63. The number of ether oxygens (including phenoxy) is 1. The van der Waals surface area contributed by atoms with Crippen LogP contribution < -0.4 is 4.74 Å². The molecule has 0 aliphatic carbocycles. The van der Waals surface area contributed by atoms with Crippen LogP contribution in [0.5, 0.6) is 5.75 Å². The van der Waals surface area contributed by atoms with Crippen LogP contribution in [0, 0.1) is 0 Å². The molecule has 0 radical (unpaired) electrons. The molecule has 126 valence electrons. The zero-order chi connectivity index (χ0) is 16.7. The normalized spacial score (nSPS) is 17.8. The lowest BCUT2D eigenvalue weighted by Crippen LogP contribution is -2.43. The molecule has 1 aromatic rings. The second-order valence-electron chi connectivity index (χ2n) is 6.15. The Balaban J connectivity index is 1.79. The van der Waals surface area contributed by atoms with Crippen molar-refractivity contribution in [3.8, 4) is 5.75 Å². The molecule has 1 saturated heterocycles. The number of hydrogen-bond acceptors (Lipinski definition) is 3. The van der Waals surface area contributed by atoms with Crippen LogP contribution in [0.25, 0.3) is 0 Å². The summed E-state index contributed by atoms with van der Waals surface area (Å²) in [7, 11) is 1.60. The summed E-state index contributed by atoms with van der Waals surface area (Å²) >= 11 is 0. The SMILES string of the molecule is CCC1CCCCN1C(=O)CCCC(=O)c1ccc(OC)cc1. The van der Waals surface area contributed by atoms with Gasteiger partial charge in [-0.2, -0.15) is 0 Å². The van der Waals surface area contributed by atoms with Crippen LogP contribution in [0.1, 0.15) is 62.2 Å². The van der Waals surface area contributed by atoms with Crippen LogP contribution in [-0.4, -0.2) is 36.3 Å². The van der Waals surface area contributed by atoms with Crippen molar-refractivity contribution in [3.05, 3.63) is 29.8 Å². The van der Waals surface area contributed by atoms with E-state index in [2.05, 4.69) is 6.92 Å². The van der Waals surface area contributed by atoms with Crippen LogP contribution in [0.4, 0.5) is 0 Å². The van der Waals surface area contributed by atoms with Crippen molar-refractivity contribution < 1.29 is 14.3 Å². The smallest absolute Gasteiger partial charge is 0.222 e. The van der Waals surface area contributed by atoms with E-state index < -0.39 is 0 Å². The standard InChI is InChI=1S/C19H27NO3/c1-3-16-7-4-5-14-20(16)19(22)9-6-8-18(21)15-10-12-17(23-2)13-11-15/h10-13,16H,3-9,14H2,1-2H3. The monoisotopic (exact) mass is 317 g/mol. The fourth-order valence-corrected chi connectivity index (χ4v) is 3.22. The molecular formula is C19H27NO3. The number of likely N-dealkylation sites (tertiary alicyclic amines) is 1. The van der Waals surface area contributed by atoms with Gasteiger partial charge in [-0.25, -0.2) is 0 Å². The van der Waals surface area contributed by atoms with Crippen molar-refractivity contribution in [1.29, 1.82) is 0 Å². The largest absolute Gasteiger partial charge is 0.497 e. The molecule has 1 heterocycles. The number of hydrogen-bond donors (Lipinski definition) is 0. The quantitative estimate of drug-likeness (QED) is 0.718. The van der Waals surface area contributed by atoms with Gasteiger partial charge in [-0.15, -0.1) is 0 Å². The van der Waals surface area contributed by atoms with Crippen molar-refractivity contribution in [2.45, 2.75) is 57.9 Å². The summed E-state index contributed by atoms with van der Waals surface area (Å²) in [6, 6.07) is 7.53. The number of ketones is 1. The maximum absolute atomic E-state index is 12.4. The first-order valence-corrected chi connectivity index (χ1v) is 8.62. The van der Waals surface area contributed by atoms with E-state index >= 15 is 0 Å². The Labute approximate surface area is 138 Å². The second-order valence-corrected chi connectivity index (χ2v) is 6.15. The van der Waals surface area contributed by atoms with Crippen molar-refractivity contribution >= 4 is 11.7 Å². The van der Waals surface area contributed by atoms with Gasteiger partial charge in [0.25, 0.3) is 0 Å². The van der Waals surface area contributed by atoms with Gasteiger partial charge in [0.05, 0.1) is 7.11 Å². The molecule has 1 aliphatic rings. The van der Waals surface area contributed by atoms with Gasteiger partial charge in [0.2, 0.25) is 5.91 Å². The number of methoxy groups -OCH3 is 1. The second kappa shape index (κ2) is 8.70. The van der Waals surface area contributed by atoms with Crippen LogP contribution in [0.3, 0.4) is 0 Å². The lowest BCUT2D eigenvalue weighted by atomic mass is 9.99. The molecule has 1 amide bonds. The molecule has 4 nitrogen and oxygen atoms in total. The first-order chi connectivity index (χ1) is 11.2. The Morgan fingerprint density at radius 2 is 1.91 bits per heavy atom. The number of amides is 1. The Morgan fingerprint density at radius 3 is 2.57 bits per heavy atom. The lowest BCUT2D eigenvalue weighted by molar-refractivity contribution is -0.135. The van der Waals surface area contributed by atoms with Crippen LogP contribution in [0.2, 0.25) is 0 Å². The molecule has 1 aromatic carbocycles. The summed E-state index contributed by atoms with van der Waals surface area (Å²) in [6.45, 7) is 3.02. The number of benzene rings is 1. The summed E-state index contributed by atoms with van der Waals surface area (Å²) < 4.78 is 5.09. The number of nitrogens with zero attached hydrogens (tertiary/aromatic N) is 1. The third-order valence-electron chi connectivity index (χ3n) is 4.63. The lowest BCUT2D eigenvalue weighted by Gasteiger charge is -2.35. The summed E-state index contributed by atoms with van der Waals surface area (Å²) in [5.41, 5.74) is 0.683. The van der Waals surface area contributed by atoms with E-state index in [9.17, 15) is 9.59 Å². The van der Waals surface area contributed by atoms with Gasteiger partial charge in [-0.05, 0) is 56.4 Å². The maximum Gasteiger partial charge on any atom is 0.222 e. The van der Waals surface area contributed by atoms with Gasteiger partial charge < -0.3 is 9.64 Å². The van der Waals surface area contributed by atoms with Gasteiger partial charge in [0.1, 0.15) is 5.75 Å². The molecule has 1 atom stereocenters. The van der Waals surface area contributed by atoms with E-state index in [0.29, 0.717) is 30.9 Å².